The number of ether oxygens (including phenoxy) is 1. The van der Waals surface area contributed by atoms with Crippen LogP contribution in [-0.4, -0.2) is 54.5 Å². The minimum Gasteiger partial charge on any atom is -0.394 e. The first kappa shape index (κ1) is 19.5. The Morgan fingerprint density at radius 3 is 2.50 bits per heavy atom. The highest BCUT2D eigenvalue weighted by atomic mass is 33.1. The monoisotopic (exact) mass is 378 g/mol. The molecule has 0 aromatic carbocycles. The average Bonchev–Trinajstić information content (AvgIpc) is 2.76. The van der Waals surface area contributed by atoms with E-state index in [9.17, 15) is 19.8 Å². The smallest absolute Gasteiger partial charge is 0.330 e. The van der Waals surface area contributed by atoms with E-state index in [1.807, 2.05) is 0 Å². The van der Waals surface area contributed by atoms with Gasteiger partial charge in [-0.25, -0.2) is 4.79 Å². The van der Waals surface area contributed by atoms with Crippen LogP contribution < -0.4 is 11.2 Å². The Kier molecular flexibility index (Phi) is 6.21. The van der Waals surface area contributed by atoms with Gasteiger partial charge in [-0.05, 0) is 0 Å². The van der Waals surface area contributed by atoms with Gasteiger partial charge in [-0.3, -0.25) is 14.3 Å². The van der Waals surface area contributed by atoms with Crippen molar-refractivity contribution < 1.29 is 20.1 Å². The Hall–Kier alpha value is -0.780. The number of nitrogens with zero attached hydrogens (tertiary/aromatic N) is 1. The summed E-state index contributed by atoms with van der Waals surface area (Å²) in [6.45, 7) is 5.66. The second-order valence-corrected chi connectivity index (χ2v) is 9.63. The summed E-state index contributed by atoms with van der Waals surface area (Å²) in [5.41, 5.74) is -0.883. The van der Waals surface area contributed by atoms with Gasteiger partial charge < -0.3 is 20.1 Å². The highest BCUT2D eigenvalue weighted by Crippen LogP contribution is 2.36. The van der Waals surface area contributed by atoms with Gasteiger partial charge in [-0.2, -0.15) is 0 Å². The number of aliphatic hydroxyl groups excluding tert-OH is 3. The lowest BCUT2D eigenvalue weighted by Crippen LogP contribution is -2.38. The quantitative estimate of drug-likeness (QED) is 0.521. The fraction of sp³-hybridized carbons (Fsp3) is 0.714. The van der Waals surface area contributed by atoms with Gasteiger partial charge in [0.05, 0.1) is 6.61 Å². The molecule has 1 aliphatic heterocycles. The van der Waals surface area contributed by atoms with Crippen molar-refractivity contribution in [1.82, 2.24) is 9.55 Å². The van der Waals surface area contributed by atoms with E-state index in [0.29, 0.717) is 11.3 Å². The number of hydrogen-bond donors (Lipinski definition) is 4. The topological polar surface area (TPSA) is 125 Å². The molecule has 0 bridgehead atoms. The first-order valence-corrected chi connectivity index (χ1v) is 9.73. The van der Waals surface area contributed by atoms with Crippen LogP contribution in [0.2, 0.25) is 0 Å². The Bertz CT molecular complexity index is 683. The third kappa shape index (κ3) is 4.44. The predicted octanol–water partition coefficient (Wildman–Crippen LogP) is -0.172. The molecule has 0 spiro atoms. The van der Waals surface area contributed by atoms with Crippen LogP contribution in [0.1, 0.15) is 32.6 Å². The standard InChI is InChI=1S/C14H22N2O6S2/c1-14(2,3)24-23-6-7-4-16(13(21)15-11(7)20)12-10(19)9(18)8(5-17)22-12/h4,8-10,12,17-19H,5-6H2,1-3H3,(H,15,20,21)/t8-,9-,10-,12-/m1/s1. The Morgan fingerprint density at radius 2 is 1.96 bits per heavy atom. The zero-order valence-corrected chi connectivity index (χ0v) is 15.3. The summed E-state index contributed by atoms with van der Waals surface area (Å²) in [6.07, 6.45) is -3.51. The maximum atomic E-state index is 12.0. The highest BCUT2D eigenvalue weighted by molar-refractivity contribution is 8.76. The van der Waals surface area contributed by atoms with E-state index in [1.54, 1.807) is 10.8 Å². The molecular formula is C14H22N2O6S2. The first-order chi connectivity index (χ1) is 11.1. The van der Waals surface area contributed by atoms with Gasteiger partial charge in [0, 0.05) is 22.3 Å². The molecule has 136 valence electrons. The molecule has 0 amide bonds. The van der Waals surface area contributed by atoms with Gasteiger partial charge in [0.15, 0.2) is 6.23 Å². The molecule has 2 rings (SSSR count). The number of rotatable bonds is 5. The normalized spacial score (nSPS) is 27.6. The zero-order chi connectivity index (χ0) is 18.1. The molecule has 4 N–H and O–H groups in total. The lowest BCUT2D eigenvalue weighted by molar-refractivity contribution is -0.0551. The van der Waals surface area contributed by atoms with E-state index in [0.717, 1.165) is 4.57 Å². The Morgan fingerprint density at radius 1 is 1.29 bits per heavy atom. The Balaban J connectivity index is 2.24. The molecule has 1 aliphatic rings. The molecule has 8 nitrogen and oxygen atoms in total. The summed E-state index contributed by atoms with van der Waals surface area (Å²) in [4.78, 5) is 26.2. The second kappa shape index (κ2) is 7.63. The summed E-state index contributed by atoms with van der Waals surface area (Å²) in [7, 11) is 3.09. The average molecular weight is 378 g/mol. The third-order valence-corrected chi connectivity index (χ3v) is 6.61. The van der Waals surface area contributed by atoms with Gasteiger partial charge in [0.25, 0.3) is 5.56 Å². The summed E-state index contributed by atoms with van der Waals surface area (Å²) in [5.74, 6) is 0.367. The maximum Gasteiger partial charge on any atom is 0.330 e. The second-order valence-electron chi connectivity index (χ2n) is 6.51. The number of H-pyrrole nitrogens is 1. The van der Waals surface area contributed by atoms with Crippen molar-refractivity contribution in [2.24, 2.45) is 0 Å². The molecule has 0 unspecified atom stereocenters. The van der Waals surface area contributed by atoms with Crippen LogP contribution >= 0.6 is 21.6 Å². The molecule has 1 saturated heterocycles. The predicted molar refractivity (Wildman–Crippen MR) is 93.0 cm³/mol. The molecule has 1 aromatic rings. The van der Waals surface area contributed by atoms with E-state index in [2.05, 4.69) is 25.8 Å². The van der Waals surface area contributed by atoms with E-state index in [-0.39, 0.29) is 4.75 Å². The zero-order valence-electron chi connectivity index (χ0n) is 13.6. The molecule has 1 aromatic heterocycles. The van der Waals surface area contributed by atoms with Crippen molar-refractivity contribution in [1.29, 1.82) is 0 Å². The molecule has 2 heterocycles. The van der Waals surface area contributed by atoms with E-state index >= 15 is 0 Å². The molecule has 1 fully saturated rings. The van der Waals surface area contributed by atoms with Crippen LogP contribution in [0, 0.1) is 0 Å². The van der Waals surface area contributed by atoms with Crippen LogP contribution in [0.3, 0.4) is 0 Å². The van der Waals surface area contributed by atoms with E-state index in [4.69, 9.17) is 9.84 Å². The maximum absolute atomic E-state index is 12.0. The van der Waals surface area contributed by atoms with Crippen molar-refractivity contribution in [2.75, 3.05) is 6.61 Å². The molecular weight excluding hydrogens is 356 g/mol. The molecule has 0 saturated carbocycles. The molecule has 4 atom stereocenters. The third-order valence-electron chi connectivity index (χ3n) is 3.36. The summed E-state index contributed by atoms with van der Waals surface area (Å²) in [6, 6.07) is 0. The van der Waals surface area contributed by atoms with Crippen molar-refractivity contribution in [3.8, 4) is 0 Å². The van der Waals surface area contributed by atoms with Crippen LogP contribution in [0.4, 0.5) is 0 Å². The highest BCUT2D eigenvalue weighted by Gasteiger charge is 2.43. The molecule has 10 heteroatoms. The summed E-state index contributed by atoms with van der Waals surface area (Å²) < 4.78 is 6.40. The van der Waals surface area contributed by atoms with Crippen molar-refractivity contribution in [3.63, 3.8) is 0 Å². The fourth-order valence-corrected chi connectivity index (χ4v) is 4.56. The van der Waals surface area contributed by atoms with Gasteiger partial charge in [-0.15, -0.1) is 0 Å². The van der Waals surface area contributed by atoms with Crippen molar-refractivity contribution in [2.45, 2.75) is 55.8 Å². The number of aliphatic hydroxyl groups is 3. The molecule has 0 radical (unpaired) electrons. The lowest BCUT2D eigenvalue weighted by atomic mass is 10.1. The number of nitrogens with one attached hydrogen (secondary N) is 1. The summed E-state index contributed by atoms with van der Waals surface area (Å²) in [5, 5.41) is 29.0. The van der Waals surface area contributed by atoms with Crippen LogP contribution in [-0.2, 0) is 10.5 Å². The minimum absolute atomic E-state index is 0.0229. The molecule has 0 aliphatic carbocycles. The SMILES string of the molecule is CC(C)(C)SSCc1cn([C@@H]2O[C@H](CO)[C@@H](O)[C@H]2O)c(=O)[nH]c1=O. The largest absolute Gasteiger partial charge is 0.394 e. The Labute approximate surface area is 146 Å². The van der Waals surface area contributed by atoms with Crippen molar-refractivity contribution in [3.05, 3.63) is 32.6 Å². The van der Waals surface area contributed by atoms with Crippen LogP contribution in [0.15, 0.2) is 15.8 Å². The first-order valence-electron chi connectivity index (χ1n) is 7.41. The van der Waals surface area contributed by atoms with E-state index < -0.39 is 42.4 Å². The fourth-order valence-electron chi connectivity index (χ4n) is 2.20. The number of aromatic nitrogens is 2. The van der Waals surface area contributed by atoms with Gasteiger partial charge in [-0.1, -0.05) is 42.4 Å². The summed E-state index contributed by atoms with van der Waals surface area (Å²) >= 11 is 0. The van der Waals surface area contributed by atoms with E-state index in [1.165, 1.54) is 17.0 Å². The molecule has 24 heavy (non-hydrogen) atoms. The van der Waals surface area contributed by atoms with Gasteiger partial charge in [0.1, 0.15) is 18.3 Å². The van der Waals surface area contributed by atoms with Gasteiger partial charge in [0.2, 0.25) is 0 Å². The van der Waals surface area contributed by atoms with Crippen molar-refractivity contribution >= 4 is 21.6 Å². The van der Waals surface area contributed by atoms with Gasteiger partial charge >= 0.3 is 5.69 Å². The lowest BCUT2D eigenvalue weighted by Gasteiger charge is -2.19. The van der Waals surface area contributed by atoms with Crippen LogP contribution in [0.25, 0.3) is 0 Å². The number of hydrogen-bond acceptors (Lipinski definition) is 8. The van der Waals surface area contributed by atoms with Crippen LogP contribution in [0.5, 0.6) is 0 Å². The number of aromatic amines is 1. The minimum atomic E-state index is -1.38.